The summed E-state index contributed by atoms with van der Waals surface area (Å²) in [7, 11) is 3.09. The normalized spacial score (nSPS) is 13.7. The summed E-state index contributed by atoms with van der Waals surface area (Å²) in [6.45, 7) is 2.03. The van der Waals surface area contributed by atoms with E-state index in [4.69, 9.17) is 21.1 Å². The van der Waals surface area contributed by atoms with Crippen molar-refractivity contribution in [3.8, 4) is 17.2 Å². The van der Waals surface area contributed by atoms with Crippen LogP contribution < -0.4 is 19.9 Å². The van der Waals surface area contributed by atoms with Crippen LogP contribution in [0.1, 0.15) is 10.4 Å². The van der Waals surface area contributed by atoms with E-state index in [1.54, 1.807) is 55.6 Å². The predicted octanol–water partition coefficient (Wildman–Crippen LogP) is 2.87. The Kier molecular flexibility index (Phi) is 6.32. The molecule has 0 unspecified atom stereocenters. The molecule has 1 aliphatic rings. The molecule has 4 rings (SSSR count). The third-order valence-corrected chi connectivity index (χ3v) is 5.76. The van der Waals surface area contributed by atoms with Gasteiger partial charge in [0.05, 0.1) is 31.8 Å². The van der Waals surface area contributed by atoms with E-state index in [0.29, 0.717) is 54.6 Å². The summed E-state index contributed by atoms with van der Waals surface area (Å²) in [6, 6.07) is 14.2. The standard InChI is InChI=1S/C23H23ClN4O4/c1-31-18-12-16(13-19(14-18)32-2)22(29)27-10-8-26(9-11-27)20-15-25-28(23(30)21(20)24)17-6-4-3-5-7-17/h3-7,12-15H,8-11H2,1-2H3. The second-order valence-electron chi connectivity index (χ2n) is 7.28. The van der Waals surface area contributed by atoms with Crippen molar-refractivity contribution >= 4 is 23.2 Å². The molecule has 0 spiro atoms. The Balaban J connectivity index is 1.49. The van der Waals surface area contributed by atoms with Crippen LogP contribution in [0.2, 0.25) is 5.02 Å². The molecule has 0 saturated carbocycles. The number of carbonyl (C=O) groups is 1. The lowest BCUT2D eigenvalue weighted by Gasteiger charge is -2.36. The maximum Gasteiger partial charge on any atom is 0.292 e. The van der Waals surface area contributed by atoms with Crippen LogP contribution >= 0.6 is 11.6 Å². The molecule has 166 valence electrons. The minimum absolute atomic E-state index is 0.106. The van der Waals surface area contributed by atoms with E-state index in [9.17, 15) is 9.59 Å². The molecular weight excluding hydrogens is 432 g/mol. The minimum atomic E-state index is -0.377. The molecule has 0 bridgehead atoms. The summed E-state index contributed by atoms with van der Waals surface area (Å²) in [5.74, 6) is 1.01. The van der Waals surface area contributed by atoms with Crippen molar-refractivity contribution in [2.75, 3.05) is 45.3 Å². The fourth-order valence-corrected chi connectivity index (χ4v) is 3.91. The number of hydrogen-bond acceptors (Lipinski definition) is 6. The first-order valence-corrected chi connectivity index (χ1v) is 10.5. The number of rotatable bonds is 5. The highest BCUT2D eigenvalue weighted by molar-refractivity contribution is 6.33. The highest BCUT2D eigenvalue weighted by Crippen LogP contribution is 2.26. The summed E-state index contributed by atoms with van der Waals surface area (Å²) in [5.41, 5.74) is 1.34. The summed E-state index contributed by atoms with van der Waals surface area (Å²) in [5, 5.41) is 4.41. The lowest BCUT2D eigenvalue weighted by atomic mass is 10.1. The third kappa shape index (κ3) is 4.27. The third-order valence-electron chi connectivity index (χ3n) is 5.41. The average Bonchev–Trinajstić information content (AvgIpc) is 2.85. The number of aromatic nitrogens is 2. The number of nitrogens with zero attached hydrogens (tertiary/aromatic N) is 4. The van der Waals surface area contributed by atoms with E-state index in [1.807, 2.05) is 23.1 Å². The highest BCUT2D eigenvalue weighted by atomic mass is 35.5. The number of benzene rings is 2. The molecule has 8 nitrogen and oxygen atoms in total. The number of halogens is 1. The number of hydrogen-bond donors (Lipinski definition) is 0. The van der Waals surface area contributed by atoms with E-state index in [-0.39, 0.29) is 16.5 Å². The Hall–Kier alpha value is -3.52. The van der Waals surface area contributed by atoms with Crippen molar-refractivity contribution in [1.82, 2.24) is 14.7 Å². The molecule has 0 atom stereocenters. The number of para-hydroxylation sites is 1. The summed E-state index contributed by atoms with van der Waals surface area (Å²) in [6.07, 6.45) is 1.60. The molecule has 0 N–H and O–H groups in total. The molecule has 3 aromatic rings. The maximum atomic E-state index is 13.0. The first kappa shape index (κ1) is 21.7. The summed E-state index contributed by atoms with van der Waals surface area (Å²) >= 11 is 6.42. The van der Waals surface area contributed by atoms with Crippen molar-refractivity contribution in [1.29, 1.82) is 0 Å². The number of methoxy groups -OCH3 is 2. The summed E-state index contributed by atoms with van der Waals surface area (Å²) < 4.78 is 11.8. The van der Waals surface area contributed by atoms with Gasteiger partial charge in [-0.3, -0.25) is 9.59 Å². The molecule has 0 radical (unpaired) electrons. The number of amides is 1. The fraction of sp³-hybridized carbons (Fsp3) is 0.261. The summed E-state index contributed by atoms with van der Waals surface area (Å²) in [4.78, 5) is 29.5. The van der Waals surface area contributed by atoms with E-state index in [2.05, 4.69) is 5.10 Å². The van der Waals surface area contributed by atoms with Crippen molar-refractivity contribution in [3.63, 3.8) is 0 Å². The van der Waals surface area contributed by atoms with Crippen molar-refractivity contribution in [2.45, 2.75) is 0 Å². The zero-order valence-corrected chi connectivity index (χ0v) is 18.6. The number of ether oxygens (including phenoxy) is 2. The quantitative estimate of drug-likeness (QED) is 0.590. The van der Waals surface area contributed by atoms with Crippen LogP contribution in [0.25, 0.3) is 5.69 Å². The number of anilines is 1. The Morgan fingerprint density at radius 2 is 1.59 bits per heavy atom. The Morgan fingerprint density at radius 3 is 2.19 bits per heavy atom. The molecular formula is C23H23ClN4O4. The Bertz CT molecular complexity index is 1150. The zero-order valence-electron chi connectivity index (χ0n) is 17.8. The SMILES string of the molecule is COc1cc(OC)cc(C(=O)N2CCN(c3cnn(-c4ccccc4)c(=O)c3Cl)CC2)c1. The molecule has 2 heterocycles. The van der Waals surface area contributed by atoms with Gasteiger partial charge < -0.3 is 19.3 Å². The lowest BCUT2D eigenvalue weighted by molar-refractivity contribution is 0.0746. The maximum absolute atomic E-state index is 13.0. The van der Waals surface area contributed by atoms with E-state index < -0.39 is 0 Å². The van der Waals surface area contributed by atoms with Gasteiger partial charge >= 0.3 is 0 Å². The number of piperazine rings is 1. The second-order valence-corrected chi connectivity index (χ2v) is 7.65. The van der Waals surface area contributed by atoms with Crippen LogP contribution in [0.5, 0.6) is 11.5 Å². The van der Waals surface area contributed by atoms with Crippen LogP contribution in [-0.4, -0.2) is 61.0 Å². The Labute approximate surface area is 190 Å². The first-order chi connectivity index (χ1) is 15.5. The molecule has 2 aromatic carbocycles. The average molecular weight is 455 g/mol. The van der Waals surface area contributed by atoms with Crippen LogP contribution in [0, 0.1) is 0 Å². The largest absolute Gasteiger partial charge is 0.497 e. The van der Waals surface area contributed by atoms with Crippen LogP contribution in [0.3, 0.4) is 0 Å². The van der Waals surface area contributed by atoms with Gasteiger partial charge in [-0.1, -0.05) is 29.8 Å². The van der Waals surface area contributed by atoms with Gasteiger partial charge in [0.2, 0.25) is 0 Å². The van der Waals surface area contributed by atoms with Gasteiger partial charge in [-0.05, 0) is 24.3 Å². The van der Waals surface area contributed by atoms with Gasteiger partial charge in [-0.2, -0.15) is 9.78 Å². The van der Waals surface area contributed by atoms with Gasteiger partial charge in [0.25, 0.3) is 11.5 Å². The molecule has 1 aromatic heterocycles. The second kappa shape index (κ2) is 9.32. The predicted molar refractivity (Wildman–Crippen MR) is 123 cm³/mol. The van der Waals surface area contributed by atoms with Crippen LogP contribution in [-0.2, 0) is 0 Å². The van der Waals surface area contributed by atoms with Crippen LogP contribution in [0.15, 0.2) is 59.5 Å². The molecule has 32 heavy (non-hydrogen) atoms. The smallest absolute Gasteiger partial charge is 0.292 e. The van der Waals surface area contributed by atoms with Crippen molar-refractivity contribution < 1.29 is 14.3 Å². The molecule has 9 heteroatoms. The minimum Gasteiger partial charge on any atom is -0.497 e. The number of carbonyl (C=O) groups excluding carboxylic acids is 1. The molecule has 1 fully saturated rings. The molecule has 1 aliphatic heterocycles. The van der Waals surface area contributed by atoms with Gasteiger partial charge in [-0.25, -0.2) is 0 Å². The molecule has 0 aliphatic carbocycles. The monoisotopic (exact) mass is 454 g/mol. The van der Waals surface area contributed by atoms with Gasteiger partial charge in [-0.15, -0.1) is 0 Å². The van der Waals surface area contributed by atoms with E-state index >= 15 is 0 Å². The molecule has 1 amide bonds. The van der Waals surface area contributed by atoms with Crippen molar-refractivity contribution in [3.05, 3.63) is 75.7 Å². The first-order valence-electron chi connectivity index (χ1n) is 10.1. The topological polar surface area (TPSA) is 76.9 Å². The zero-order chi connectivity index (χ0) is 22.7. The lowest BCUT2D eigenvalue weighted by Crippen LogP contribution is -2.49. The van der Waals surface area contributed by atoms with Crippen molar-refractivity contribution in [2.24, 2.45) is 0 Å². The fourth-order valence-electron chi connectivity index (χ4n) is 3.66. The van der Waals surface area contributed by atoms with E-state index in [1.165, 1.54) is 4.68 Å². The van der Waals surface area contributed by atoms with Gasteiger partial charge in [0.1, 0.15) is 16.5 Å². The molecule has 1 saturated heterocycles. The Morgan fingerprint density at radius 1 is 0.969 bits per heavy atom. The van der Waals surface area contributed by atoms with Gasteiger partial charge in [0.15, 0.2) is 0 Å². The van der Waals surface area contributed by atoms with Crippen LogP contribution in [0.4, 0.5) is 5.69 Å². The van der Waals surface area contributed by atoms with Gasteiger partial charge in [0, 0.05) is 37.8 Å². The highest BCUT2D eigenvalue weighted by Gasteiger charge is 2.25. The van der Waals surface area contributed by atoms with E-state index in [0.717, 1.165) is 0 Å².